The number of hydrogen-bond donors (Lipinski definition) is 1. The molecule has 0 aliphatic carbocycles. The van der Waals surface area contributed by atoms with Crippen LogP contribution in [0.5, 0.6) is 11.5 Å². The lowest BCUT2D eigenvalue weighted by atomic mass is 10.1. The summed E-state index contributed by atoms with van der Waals surface area (Å²) in [5.74, 6) is 0.101. The fourth-order valence-corrected chi connectivity index (χ4v) is 3.86. The second-order valence-electron chi connectivity index (χ2n) is 6.20. The largest absolute Gasteiger partial charge is 0.455 e. The molecule has 9 nitrogen and oxygen atoms in total. The molecule has 2 aromatic heterocycles. The third-order valence-corrected chi connectivity index (χ3v) is 4.86. The Morgan fingerprint density at radius 2 is 1.43 bits per heavy atom. The molecule has 28 heavy (non-hydrogen) atoms. The Labute approximate surface area is 158 Å². The number of rotatable bonds is 4. The minimum Gasteiger partial charge on any atom is -0.455 e. The van der Waals surface area contributed by atoms with Gasteiger partial charge in [-0.25, -0.2) is 0 Å². The SMILES string of the molecule is CS(=O)(=O)Oc1ccc2c(c1)[nH]c(=O)c1c3ccc(OS(C)(=O)=O)cc3oc21. The van der Waals surface area contributed by atoms with Crippen molar-refractivity contribution < 1.29 is 29.6 Å². The van der Waals surface area contributed by atoms with E-state index in [1.807, 2.05) is 0 Å². The van der Waals surface area contributed by atoms with E-state index in [-0.39, 0.29) is 28.1 Å². The maximum Gasteiger partial charge on any atom is 0.306 e. The molecular formula is C17H13NO8S2. The highest BCUT2D eigenvalue weighted by molar-refractivity contribution is 7.86. The van der Waals surface area contributed by atoms with E-state index < -0.39 is 25.8 Å². The summed E-state index contributed by atoms with van der Waals surface area (Å²) in [5.41, 5.74) is 0.418. The van der Waals surface area contributed by atoms with Crippen LogP contribution in [-0.4, -0.2) is 34.3 Å². The minimum absolute atomic E-state index is 0.0462. The Kier molecular flexibility index (Phi) is 3.91. The fraction of sp³-hybridized carbons (Fsp3) is 0.118. The van der Waals surface area contributed by atoms with E-state index in [1.54, 1.807) is 6.07 Å². The zero-order chi connectivity index (χ0) is 20.3. The van der Waals surface area contributed by atoms with E-state index >= 15 is 0 Å². The van der Waals surface area contributed by atoms with Gasteiger partial charge >= 0.3 is 20.2 Å². The van der Waals surface area contributed by atoms with Crippen LogP contribution in [0.25, 0.3) is 32.8 Å². The van der Waals surface area contributed by atoms with Crippen LogP contribution in [0.4, 0.5) is 0 Å². The Balaban J connectivity index is 1.96. The first-order valence-electron chi connectivity index (χ1n) is 7.81. The predicted molar refractivity (Wildman–Crippen MR) is 103 cm³/mol. The maximum absolute atomic E-state index is 12.6. The summed E-state index contributed by atoms with van der Waals surface area (Å²) in [6.45, 7) is 0. The van der Waals surface area contributed by atoms with Gasteiger partial charge in [-0.1, -0.05) is 0 Å². The Morgan fingerprint density at radius 3 is 2.04 bits per heavy atom. The molecule has 146 valence electrons. The van der Waals surface area contributed by atoms with Crippen LogP contribution in [0.15, 0.2) is 45.6 Å². The van der Waals surface area contributed by atoms with Gasteiger partial charge in [-0.3, -0.25) is 4.79 Å². The highest BCUT2D eigenvalue weighted by atomic mass is 32.2. The maximum atomic E-state index is 12.6. The standard InChI is InChI=1S/C17H13NO8S2/c1-27(20,21)25-9-3-5-11-13(7-9)18-17(19)15-12-6-4-10(26-28(2,22)23)8-14(12)24-16(11)15/h3-8H,1-2H3,(H,18,19). The van der Waals surface area contributed by atoms with Crippen LogP contribution >= 0.6 is 0 Å². The molecule has 0 amide bonds. The lowest BCUT2D eigenvalue weighted by molar-refractivity contribution is 0.491. The lowest BCUT2D eigenvalue weighted by Crippen LogP contribution is -2.07. The van der Waals surface area contributed by atoms with Crippen molar-refractivity contribution in [2.45, 2.75) is 0 Å². The Hall–Kier alpha value is -3.05. The van der Waals surface area contributed by atoms with E-state index in [2.05, 4.69) is 4.98 Å². The molecule has 0 aliphatic rings. The van der Waals surface area contributed by atoms with Crippen molar-refractivity contribution >= 4 is 53.1 Å². The minimum atomic E-state index is -3.72. The number of benzene rings is 2. The smallest absolute Gasteiger partial charge is 0.306 e. The number of pyridine rings is 1. The van der Waals surface area contributed by atoms with Crippen molar-refractivity contribution in [1.29, 1.82) is 0 Å². The molecule has 1 N–H and O–H groups in total. The third kappa shape index (κ3) is 3.41. The molecule has 0 bridgehead atoms. The highest BCUT2D eigenvalue weighted by Crippen LogP contribution is 2.34. The molecule has 0 spiro atoms. The second kappa shape index (κ2) is 5.97. The average Bonchev–Trinajstić information content (AvgIpc) is 2.90. The molecule has 2 aromatic carbocycles. The Morgan fingerprint density at radius 1 is 0.857 bits per heavy atom. The number of fused-ring (bicyclic) bond motifs is 5. The van der Waals surface area contributed by atoms with Gasteiger partial charge in [0.2, 0.25) is 0 Å². The quantitative estimate of drug-likeness (QED) is 0.494. The van der Waals surface area contributed by atoms with Crippen molar-refractivity contribution in [2.24, 2.45) is 0 Å². The molecule has 11 heteroatoms. The number of aromatic amines is 1. The van der Waals surface area contributed by atoms with Gasteiger partial charge in [0.05, 0.1) is 23.4 Å². The topological polar surface area (TPSA) is 133 Å². The van der Waals surface area contributed by atoms with E-state index in [0.717, 1.165) is 12.5 Å². The van der Waals surface area contributed by atoms with Gasteiger partial charge in [-0.15, -0.1) is 0 Å². The summed E-state index contributed by atoms with van der Waals surface area (Å²) in [4.78, 5) is 15.2. The summed E-state index contributed by atoms with van der Waals surface area (Å²) in [5, 5.41) is 1.29. The van der Waals surface area contributed by atoms with Crippen molar-refractivity contribution in [3.05, 3.63) is 46.8 Å². The van der Waals surface area contributed by atoms with Crippen LogP contribution in [-0.2, 0) is 20.2 Å². The zero-order valence-corrected chi connectivity index (χ0v) is 16.2. The van der Waals surface area contributed by atoms with Gasteiger partial charge in [0, 0.05) is 22.9 Å². The van der Waals surface area contributed by atoms with E-state index in [1.165, 1.54) is 30.3 Å². The second-order valence-corrected chi connectivity index (χ2v) is 9.35. The number of hydrogen-bond acceptors (Lipinski definition) is 8. The summed E-state index contributed by atoms with van der Waals surface area (Å²) in [6.07, 6.45) is 1.84. The molecule has 0 radical (unpaired) electrons. The third-order valence-electron chi connectivity index (χ3n) is 3.87. The van der Waals surface area contributed by atoms with Crippen LogP contribution in [0.3, 0.4) is 0 Å². The Bertz CT molecular complexity index is 1530. The molecule has 0 fully saturated rings. The van der Waals surface area contributed by atoms with Crippen molar-refractivity contribution in [2.75, 3.05) is 12.5 Å². The lowest BCUT2D eigenvalue weighted by Gasteiger charge is -2.04. The van der Waals surface area contributed by atoms with E-state index in [4.69, 9.17) is 12.8 Å². The summed E-state index contributed by atoms with van der Waals surface area (Å²) >= 11 is 0. The molecule has 0 aliphatic heterocycles. The molecule has 4 aromatic rings. The first kappa shape index (κ1) is 18.3. The fourth-order valence-electron chi connectivity index (χ4n) is 2.95. The summed E-state index contributed by atoms with van der Waals surface area (Å²) < 4.78 is 60.7. The molecular weight excluding hydrogens is 410 g/mol. The molecule has 4 rings (SSSR count). The van der Waals surface area contributed by atoms with Gasteiger partial charge in [-0.2, -0.15) is 16.8 Å². The molecule has 2 heterocycles. The molecule has 0 atom stereocenters. The number of furan rings is 1. The molecule has 0 unspecified atom stereocenters. The first-order chi connectivity index (χ1) is 13.0. The van der Waals surface area contributed by atoms with E-state index in [9.17, 15) is 21.6 Å². The van der Waals surface area contributed by atoms with Gasteiger partial charge in [-0.05, 0) is 24.3 Å². The van der Waals surface area contributed by atoms with Crippen LogP contribution < -0.4 is 13.9 Å². The number of nitrogens with one attached hydrogen (secondary N) is 1. The molecule has 0 saturated heterocycles. The highest BCUT2D eigenvalue weighted by Gasteiger charge is 2.17. The van der Waals surface area contributed by atoms with E-state index in [0.29, 0.717) is 16.3 Å². The van der Waals surface area contributed by atoms with Gasteiger partial charge in [0.15, 0.2) is 0 Å². The van der Waals surface area contributed by atoms with Gasteiger partial charge in [0.25, 0.3) is 5.56 Å². The van der Waals surface area contributed by atoms with Crippen molar-refractivity contribution in [3.8, 4) is 11.5 Å². The van der Waals surface area contributed by atoms with Gasteiger partial charge < -0.3 is 17.8 Å². The average molecular weight is 423 g/mol. The van der Waals surface area contributed by atoms with Crippen molar-refractivity contribution in [1.82, 2.24) is 4.98 Å². The summed E-state index contributed by atoms with van der Waals surface area (Å²) in [6, 6.07) is 8.71. The monoisotopic (exact) mass is 423 g/mol. The molecule has 0 saturated carbocycles. The van der Waals surface area contributed by atoms with Crippen LogP contribution in [0.1, 0.15) is 0 Å². The van der Waals surface area contributed by atoms with Crippen LogP contribution in [0, 0.1) is 0 Å². The predicted octanol–water partition coefficient (Wildman–Crippen LogP) is 2.10. The number of aromatic nitrogens is 1. The normalized spacial score (nSPS) is 12.6. The first-order valence-corrected chi connectivity index (χ1v) is 11.4. The number of H-pyrrole nitrogens is 1. The zero-order valence-electron chi connectivity index (χ0n) is 14.5. The van der Waals surface area contributed by atoms with Crippen molar-refractivity contribution in [3.63, 3.8) is 0 Å². The van der Waals surface area contributed by atoms with Crippen LogP contribution in [0.2, 0.25) is 0 Å². The summed E-state index contributed by atoms with van der Waals surface area (Å²) in [7, 11) is -7.43. The van der Waals surface area contributed by atoms with Gasteiger partial charge in [0.1, 0.15) is 22.7 Å².